The van der Waals surface area contributed by atoms with Crippen LogP contribution in [0.4, 0.5) is 16.2 Å². The van der Waals surface area contributed by atoms with E-state index in [1.54, 1.807) is 38.1 Å². The summed E-state index contributed by atoms with van der Waals surface area (Å²) in [7, 11) is 0. The van der Waals surface area contributed by atoms with Crippen molar-refractivity contribution in [2.45, 2.75) is 31.8 Å². The van der Waals surface area contributed by atoms with Gasteiger partial charge in [0, 0.05) is 23.5 Å². The Kier molecular flexibility index (Phi) is 4.70. The number of amides is 5. The summed E-state index contributed by atoms with van der Waals surface area (Å²) in [6.45, 7) is 2.80. The summed E-state index contributed by atoms with van der Waals surface area (Å²) < 4.78 is 0. The van der Waals surface area contributed by atoms with Gasteiger partial charge in [-0.3, -0.25) is 24.2 Å². The molecule has 9 heteroatoms. The van der Waals surface area contributed by atoms with Crippen LogP contribution < -0.4 is 15.5 Å². The van der Waals surface area contributed by atoms with E-state index in [9.17, 15) is 19.2 Å². The lowest BCUT2D eigenvalue weighted by Gasteiger charge is -2.42. The van der Waals surface area contributed by atoms with Crippen molar-refractivity contribution in [1.29, 1.82) is 0 Å². The third-order valence-electron chi connectivity index (χ3n) is 6.26. The van der Waals surface area contributed by atoms with E-state index >= 15 is 0 Å². The minimum atomic E-state index is -1.19. The molecule has 1 fully saturated rings. The van der Waals surface area contributed by atoms with Crippen LogP contribution in [0.2, 0.25) is 0 Å². The molecule has 0 saturated carbocycles. The average molecular weight is 445 g/mol. The third kappa shape index (κ3) is 3.32. The Balaban J connectivity index is 1.37. The molecule has 168 valence electrons. The van der Waals surface area contributed by atoms with E-state index in [-0.39, 0.29) is 5.91 Å². The topological polar surface area (TPSA) is 115 Å². The molecule has 9 nitrogen and oxygen atoms in total. The predicted molar refractivity (Wildman–Crippen MR) is 123 cm³/mol. The summed E-state index contributed by atoms with van der Waals surface area (Å²) in [5, 5.41) is 6.46. The van der Waals surface area contributed by atoms with Gasteiger partial charge in [-0.2, -0.15) is 0 Å². The second kappa shape index (κ2) is 7.47. The Hall–Kier alpha value is -4.14. The van der Waals surface area contributed by atoms with Gasteiger partial charge in [-0.05, 0) is 37.6 Å². The van der Waals surface area contributed by atoms with Crippen LogP contribution >= 0.6 is 0 Å². The maximum absolute atomic E-state index is 13.3. The molecular formula is C24H23N5O4. The van der Waals surface area contributed by atoms with Crippen molar-refractivity contribution >= 4 is 46.0 Å². The minimum Gasteiger partial charge on any atom is -0.361 e. The Morgan fingerprint density at radius 2 is 1.76 bits per heavy atom. The van der Waals surface area contributed by atoms with E-state index in [1.807, 2.05) is 30.5 Å². The molecule has 2 aliphatic rings. The van der Waals surface area contributed by atoms with Crippen LogP contribution in [0.5, 0.6) is 0 Å². The van der Waals surface area contributed by atoms with E-state index in [0.717, 1.165) is 21.4 Å². The van der Waals surface area contributed by atoms with Crippen LogP contribution in [0.1, 0.15) is 19.4 Å². The number of benzene rings is 2. The summed E-state index contributed by atoms with van der Waals surface area (Å²) in [6.07, 6.45) is 2.13. The van der Waals surface area contributed by atoms with E-state index in [2.05, 4.69) is 15.6 Å². The largest absolute Gasteiger partial charge is 0.361 e. The van der Waals surface area contributed by atoms with Crippen molar-refractivity contribution in [2.75, 3.05) is 16.8 Å². The number of H-pyrrole nitrogens is 1. The smallest absolute Gasteiger partial charge is 0.325 e. The number of nitrogens with zero attached hydrogens (tertiary/aromatic N) is 2. The molecule has 0 radical (unpaired) electrons. The van der Waals surface area contributed by atoms with E-state index in [0.29, 0.717) is 17.8 Å². The van der Waals surface area contributed by atoms with Crippen molar-refractivity contribution < 1.29 is 19.2 Å². The quantitative estimate of drug-likeness (QED) is 0.535. The fourth-order valence-electron chi connectivity index (χ4n) is 4.49. The van der Waals surface area contributed by atoms with Crippen LogP contribution in [-0.4, -0.2) is 51.8 Å². The van der Waals surface area contributed by atoms with Crippen LogP contribution in [-0.2, 0) is 20.8 Å². The first-order valence-corrected chi connectivity index (χ1v) is 10.7. The molecule has 3 N–H and O–H groups in total. The molecule has 1 aromatic heterocycles. The number of fused-ring (bicyclic) bond motifs is 2. The monoisotopic (exact) mass is 445 g/mol. The van der Waals surface area contributed by atoms with E-state index in [4.69, 9.17) is 0 Å². The first-order chi connectivity index (χ1) is 15.8. The fourth-order valence-corrected chi connectivity index (χ4v) is 4.49. The summed E-state index contributed by atoms with van der Waals surface area (Å²) in [6, 6.07) is 13.3. The molecule has 0 aliphatic carbocycles. The molecule has 2 aliphatic heterocycles. The summed E-state index contributed by atoms with van der Waals surface area (Å²) >= 11 is 0. The number of carbonyl (C=O) groups excluding carboxylic acids is 4. The molecule has 3 heterocycles. The molecule has 1 saturated heterocycles. The lowest BCUT2D eigenvalue weighted by molar-refractivity contribution is -0.132. The summed E-state index contributed by atoms with van der Waals surface area (Å²) in [4.78, 5) is 57.1. The standard InChI is InChI=1S/C24H23N5O4/c1-24(2)22(32)26-17-9-5-6-10-19(17)29(24)20(30)13-28-21(31)18(27-23(28)33)11-14-12-25-16-8-4-3-7-15(14)16/h3-10,12,18,25H,11,13H2,1-2H3,(H,26,32)(H,27,33). The SMILES string of the molecule is CC1(C)C(=O)Nc2ccccc2N1C(=O)CN1C(=O)NC(Cc2c[nH]c3ccccc23)C1=O. The van der Waals surface area contributed by atoms with Crippen LogP contribution in [0, 0.1) is 0 Å². The summed E-state index contributed by atoms with van der Waals surface area (Å²) in [5.74, 6) is -1.33. The van der Waals surface area contributed by atoms with Crippen molar-refractivity contribution in [2.24, 2.45) is 0 Å². The van der Waals surface area contributed by atoms with Crippen molar-refractivity contribution in [3.05, 3.63) is 60.3 Å². The number of imide groups is 1. The van der Waals surface area contributed by atoms with Gasteiger partial charge in [0.1, 0.15) is 18.1 Å². The maximum Gasteiger partial charge on any atom is 0.325 e. The molecule has 1 atom stereocenters. The zero-order valence-corrected chi connectivity index (χ0v) is 18.2. The van der Waals surface area contributed by atoms with Gasteiger partial charge >= 0.3 is 6.03 Å². The lowest BCUT2D eigenvalue weighted by atomic mass is 9.96. The lowest BCUT2D eigenvalue weighted by Crippen LogP contribution is -2.60. The highest BCUT2D eigenvalue weighted by atomic mass is 16.2. The minimum absolute atomic E-state index is 0.305. The van der Waals surface area contributed by atoms with Crippen LogP contribution in [0.25, 0.3) is 10.9 Å². The molecule has 5 rings (SSSR count). The molecule has 0 bridgehead atoms. The second-order valence-corrected chi connectivity index (χ2v) is 8.75. The normalized spacial score (nSPS) is 19.5. The number of nitrogens with one attached hydrogen (secondary N) is 3. The first-order valence-electron chi connectivity index (χ1n) is 10.7. The number of rotatable bonds is 4. The summed E-state index contributed by atoms with van der Waals surface area (Å²) in [5.41, 5.74) is 1.69. The number of hydrogen-bond acceptors (Lipinski definition) is 4. The highest BCUT2D eigenvalue weighted by Crippen LogP contribution is 2.36. The number of carbonyl (C=O) groups is 4. The maximum atomic E-state index is 13.3. The van der Waals surface area contributed by atoms with Gasteiger partial charge in [-0.25, -0.2) is 4.79 Å². The van der Waals surface area contributed by atoms with E-state index < -0.39 is 36.0 Å². The van der Waals surface area contributed by atoms with Crippen LogP contribution in [0.15, 0.2) is 54.7 Å². The van der Waals surface area contributed by atoms with Crippen molar-refractivity contribution in [3.63, 3.8) is 0 Å². The Bertz CT molecular complexity index is 1310. The molecular weight excluding hydrogens is 422 g/mol. The second-order valence-electron chi connectivity index (χ2n) is 8.75. The predicted octanol–water partition coefficient (Wildman–Crippen LogP) is 2.39. The van der Waals surface area contributed by atoms with Gasteiger partial charge in [0.05, 0.1) is 11.4 Å². The molecule has 5 amide bonds. The Labute approximate surface area is 189 Å². The molecule has 3 aromatic rings. The molecule has 1 unspecified atom stereocenters. The first kappa shape index (κ1) is 20.7. The highest BCUT2D eigenvalue weighted by Gasteiger charge is 2.46. The highest BCUT2D eigenvalue weighted by molar-refractivity contribution is 6.16. The third-order valence-corrected chi connectivity index (χ3v) is 6.26. The van der Waals surface area contributed by atoms with Gasteiger partial charge in [0.15, 0.2) is 0 Å². The van der Waals surface area contributed by atoms with Gasteiger partial charge in [-0.15, -0.1) is 0 Å². The van der Waals surface area contributed by atoms with Crippen molar-refractivity contribution in [1.82, 2.24) is 15.2 Å². The molecule has 0 spiro atoms. The van der Waals surface area contributed by atoms with Gasteiger partial charge in [0.25, 0.3) is 5.91 Å². The average Bonchev–Trinajstić information content (AvgIpc) is 3.30. The molecule has 33 heavy (non-hydrogen) atoms. The van der Waals surface area contributed by atoms with E-state index in [1.165, 1.54) is 4.90 Å². The van der Waals surface area contributed by atoms with Gasteiger partial charge < -0.3 is 15.6 Å². The van der Waals surface area contributed by atoms with Gasteiger partial charge in [0.2, 0.25) is 11.8 Å². The molecule has 2 aromatic carbocycles. The number of aromatic amines is 1. The zero-order chi connectivity index (χ0) is 23.3. The van der Waals surface area contributed by atoms with Gasteiger partial charge in [-0.1, -0.05) is 30.3 Å². The number of hydrogen-bond donors (Lipinski definition) is 3. The number of aromatic nitrogens is 1. The van der Waals surface area contributed by atoms with Crippen molar-refractivity contribution in [3.8, 4) is 0 Å². The number of urea groups is 1. The Morgan fingerprint density at radius 3 is 2.58 bits per heavy atom. The Morgan fingerprint density at radius 1 is 1.03 bits per heavy atom. The fraction of sp³-hybridized carbons (Fsp3) is 0.250. The number of para-hydroxylation sites is 3. The zero-order valence-electron chi connectivity index (χ0n) is 18.2. The van der Waals surface area contributed by atoms with Crippen LogP contribution in [0.3, 0.4) is 0 Å². The number of anilines is 2.